The van der Waals surface area contributed by atoms with Crippen LogP contribution in [0.15, 0.2) is 0 Å². The Morgan fingerprint density at radius 3 is 2.37 bits per heavy atom. The van der Waals surface area contributed by atoms with Crippen LogP contribution in [0.2, 0.25) is 0 Å². The third-order valence-electron chi connectivity index (χ3n) is 2.53. The normalized spacial score (nSPS) is 14.9. The van der Waals surface area contributed by atoms with E-state index in [1.807, 2.05) is 0 Å². The van der Waals surface area contributed by atoms with Crippen molar-refractivity contribution in [1.82, 2.24) is 5.06 Å². The van der Waals surface area contributed by atoms with Crippen LogP contribution >= 0.6 is 11.8 Å². The lowest BCUT2D eigenvalue weighted by Gasteiger charge is -2.12. The Balaban J connectivity index is 2.10. The van der Waals surface area contributed by atoms with Gasteiger partial charge in [0.2, 0.25) is 0 Å². The lowest BCUT2D eigenvalue weighted by atomic mass is 10.2. The van der Waals surface area contributed by atoms with E-state index in [2.05, 4.69) is 0 Å². The zero-order valence-corrected chi connectivity index (χ0v) is 11.7. The summed E-state index contributed by atoms with van der Waals surface area (Å²) >= 11 is 1.26. The molecule has 7 heteroatoms. The minimum atomic E-state index is -0.567. The van der Waals surface area contributed by atoms with Crippen LogP contribution in [0.4, 0.5) is 0 Å². The van der Waals surface area contributed by atoms with E-state index in [0.29, 0.717) is 11.5 Å². The van der Waals surface area contributed by atoms with Gasteiger partial charge in [0.05, 0.1) is 0 Å². The van der Waals surface area contributed by atoms with Crippen molar-refractivity contribution >= 4 is 34.7 Å². The predicted octanol–water partition coefficient (Wildman–Crippen LogP) is 1.43. The van der Waals surface area contributed by atoms with Crippen molar-refractivity contribution in [3.63, 3.8) is 0 Å². The molecule has 1 rings (SSSR count). The van der Waals surface area contributed by atoms with Gasteiger partial charge in [0.1, 0.15) is 0 Å². The summed E-state index contributed by atoms with van der Waals surface area (Å²) < 4.78 is 0. The molecule has 1 heterocycles. The van der Waals surface area contributed by atoms with Crippen molar-refractivity contribution < 1.29 is 24.0 Å². The molecule has 0 aromatic carbocycles. The minimum absolute atomic E-state index is 0.0884. The summed E-state index contributed by atoms with van der Waals surface area (Å²) in [5.74, 6) is -0.747. The Labute approximate surface area is 115 Å². The first kappa shape index (κ1) is 15.7. The van der Waals surface area contributed by atoms with E-state index >= 15 is 0 Å². The summed E-state index contributed by atoms with van der Waals surface area (Å²) in [6, 6.07) is 0. The number of rotatable bonds is 7. The predicted molar refractivity (Wildman–Crippen MR) is 68.8 cm³/mol. The lowest BCUT2D eigenvalue weighted by molar-refractivity contribution is -0.197. The molecule has 0 aliphatic carbocycles. The number of carbonyl (C=O) groups excluding carboxylic acids is 4. The summed E-state index contributed by atoms with van der Waals surface area (Å²) in [6.45, 7) is 1.52. The molecule has 0 bridgehead atoms. The van der Waals surface area contributed by atoms with Gasteiger partial charge in [-0.15, -0.1) is 5.06 Å². The van der Waals surface area contributed by atoms with E-state index in [-0.39, 0.29) is 24.4 Å². The number of hydrogen-bond donors (Lipinski definition) is 0. The maximum absolute atomic E-state index is 11.4. The third-order valence-corrected chi connectivity index (χ3v) is 3.43. The second kappa shape index (κ2) is 7.93. The van der Waals surface area contributed by atoms with Gasteiger partial charge in [0.25, 0.3) is 11.8 Å². The van der Waals surface area contributed by atoms with Crippen LogP contribution in [-0.4, -0.2) is 33.7 Å². The molecular formula is C12H17NO5S. The molecule has 1 fully saturated rings. The molecule has 0 unspecified atom stereocenters. The number of carbonyl (C=O) groups is 4. The van der Waals surface area contributed by atoms with E-state index in [4.69, 9.17) is 4.84 Å². The van der Waals surface area contributed by atoms with E-state index in [0.717, 1.165) is 18.6 Å². The molecule has 1 saturated heterocycles. The fraction of sp³-hybridized carbons (Fsp3) is 0.667. The van der Waals surface area contributed by atoms with Crippen LogP contribution in [0.3, 0.4) is 0 Å². The molecular weight excluding hydrogens is 270 g/mol. The fourth-order valence-electron chi connectivity index (χ4n) is 1.57. The quantitative estimate of drug-likeness (QED) is 0.520. The minimum Gasteiger partial charge on any atom is -0.330 e. The van der Waals surface area contributed by atoms with Crippen molar-refractivity contribution in [2.24, 2.45) is 0 Å². The zero-order valence-electron chi connectivity index (χ0n) is 10.8. The summed E-state index contributed by atoms with van der Waals surface area (Å²) in [7, 11) is 0. The Morgan fingerprint density at radius 1 is 1.16 bits per heavy atom. The Hall–Kier alpha value is -1.37. The van der Waals surface area contributed by atoms with Gasteiger partial charge in [-0.2, -0.15) is 0 Å². The third kappa shape index (κ3) is 5.87. The Bertz CT molecular complexity index is 366. The molecule has 0 N–H and O–H groups in total. The number of nitrogens with zero attached hydrogens (tertiary/aromatic N) is 1. The van der Waals surface area contributed by atoms with Gasteiger partial charge in [-0.1, -0.05) is 18.2 Å². The van der Waals surface area contributed by atoms with Crippen LogP contribution in [0.1, 0.15) is 45.4 Å². The first-order valence-electron chi connectivity index (χ1n) is 6.20. The molecule has 0 saturated carbocycles. The highest BCUT2D eigenvalue weighted by Crippen LogP contribution is 2.14. The second-order valence-corrected chi connectivity index (χ2v) is 5.47. The highest BCUT2D eigenvalue weighted by molar-refractivity contribution is 8.13. The molecule has 6 nitrogen and oxygen atoms in total. The summed E-state index contributed by atoms with van der Waals surface area (Å²) in [6.07, 6.45) is 2.65. The number of hydroxylamine groups is 2. The molecule has 2 amide bonds. The van der Waals surface area contributed by atoms with Crippen molar-refractivity contribution in [2.75, 3.05) is 5.75 Å². The second-order valence-electron chi connectivity index (χ2n) is 4.20. The topological polar surface area (TPSA) is 80.8 Å². The molecule has 1 aliphatic rings. The number of amides is 2. The SMILES string of the molecule is CC(=O)SCCCCCC(=O)ON1C(=O)CCC1=O. The van der Waals surface area contributed by atoms with Crippen LogP contribution in [0.25, 0.3) is 0 Å². The van der Waals surface area contributed by atoms with Crippen LogP contribution < -0.4 is 0 Å². The fourth-order valence-corrected chi connectivity index (χ4v) is 2.21. The Kier molecular flexibility index (Phi) is 6.55. The van der Waals surface area contributed by atoms with Crippen molar-refractivity contribution in [1.29, 1.82) is 0 Å². The monoisotopic (exact) mass is 287 g/mol. The van der Waals surface area contributed by atoms with Gasteiger partial charge in [0, 0.05) is 31.9 Å². The molecule has 0 atom stereocenters. The largest absolute Gasteiger partial charge is 0.333 e. The molecule has 0 radical (unpaired) electrons. The van der Waals surface area contributed by atoms with Gasteiger partial charge < -0.3 is 4.84 Å². The molecule has 19 heavy (non-hydrogen) atoms. The first-order chi connectivity index (χ1) is 9.00. The number of thioether (sulfide) groups is 1. The molecule has 0 spiro atoms. The molecule has 1 aliphatic heterocycles. The van der Waals surface area contributed by atoms with Crippen LogP contribution in [-0.2, 0) is 24.0 Å². The van der Waals surface area contributed by atoms with E-state index in [1.54, 1.807) is 0 Å². The van der Waals surface area contributed by atoms with Gasteiger partial charge in [-0.05, 0) is 12.8 Å². The van der Waals surface area contributed by atoms with Crippen molar-refractivity contribution in [3.05, 3.63) is 0 Å². The Morgan fingerprint density at radius 2 is 1.79 bits per heavy atom. The average Bonchev–Trinajstić information content (AvgIpc) is 2.65. The lowest BCUT2D eigenvalue weighted by Crippen LogP contribution is -2.31. The molecule has 106 valence electrons. The van der Waals surface area contributed by atoms with E-state index in [1.165, 1.54) is 18.7 Å². The summed E-state index contributed by atoms with van der Waals surface area (Å²) in [4.78, 5) is 49.2. The number of unbranched alkanes of at least 4 members (excludes halogenated alkanes) is 2. The highest BCUT2D eigenvalue weighted by atomic mass is 32.2. The van der Waals surface area contributed by atoms with Crippen LogP contribution in [0.5, 0.6) is 0 Å². The van der Waals surface area contributed by atoms with Gasteiger partial charge >= 0.3 is 5.97 Å². The van der Waals surface area contributed by atoms with Crippen molar-refractivity contribution in [2.45, 2.75) is 45.4 Å². The van der Waals surface area contributed by atoms with Gasteiger partial charge in [0.15, 0.2) is 5.12 Å². The van der Waals surface area contributed by atoms with Crippen molar-refractivity contribution in [3.8, 4) is 0 Å². The van der Waals surface area contributed by atoms with Gasteiger partial charge in [-0.3, -0.25) is 14.4 Å². The highest BCUT2D eigenvalue weighted by Gasteiger charge is 2.32. The maximum Gasteiger partial charge on any atom is 0.333 e. The standard InChI is InChI=1S/C12H17NO5S/c1-9(14)19-8-4-2-3-5-12(17)18-13-10(15)6-7-11(13)16/h2-8H2,1H3. The maximum atomic E-state index is 11.4. The molecule has 0 aromatic heterocycles. The number of hydrogen-bond acceptors (Lipinski definition) is 6. The zero-order chi connectivity index (χ0) is 14.3. The summed E-state index contributed by atoms with van der Waals surface area (Å²) in [5, 5.41) is 0.652. The van der Waals surface area contributed by atoms with Crippen LogP contribution in [0, 0.1) is 0 Å². The summed E-state index contributed by atoms with van der Waals surface area (Å²) in [5.41, 5.74) is 0. The average molecular weight is 287 g/mol. The van der Waals surface area contributed by atoms with E-state index < -0.39 is 17.8 Å². The smallest absolute Gasteiger partial charge is 0.330 e. The van der Waals surface area contributed by atoms with E-state index in [9.17, 15) is 19.2 Å². The first-order valence-corrected chi connectivity index (χ1v) is 7.19. The number of imide groups is 1. The van der Waals surface area contributed by atoms with Gasteiger partial charge in [-0.25, -0.2) is 4.79 Å². The molecule has 0 aromatic rings.